The molecule has 17 heavy (non-hydrogen) atoms. The molecule has 0 fully saturated rings. The minimum atomic E-state index is 0. The average Bonchev–Trinajstić information content (AvgIpc) is 2.39. The maximum atomic E-state index is 4.45. The van der Waals surface area contributed by atoms with E-state index in [1.54, 1.807) is 0 Å². The fraction of sp³-hybridized carbons (Fsp3) is 0. The molecule has 1 heterocycles. The topological polar surface area (TPSA) is 12.9 Å². The summed E-state index contributed by atoms with van der Waals surface area (Å²) in [4.78, 5) is 4.45. The largest absolute Gasteiger partial charge is 0.304 e. The summed E-state index contributed by atoms with van der Waals surface area (Å²) in [6, 6.07) is 21.4. The zero-order chi connectivity index (χ0) is 10.8. The Balaban J connectivity index is 0.00000108. The minimum absolute atomic E-state index is 0. The fourth-order valence-electron chi connectivity index (χ4n) is 1.87. The molecule has 0 bridgehead atoms. The molecule has 0 saturated carbocycles. The van der Waals surface area contributed by atoms with Crippen LogP contribution in [0.5, 0.6) is 0 Å². The van der Waals surface area contributed by atoms with Crippen LogP contribution >= 0.6 is 0 Å². The van der Waals surface area contributed by atoms with Crippen LogP contribution in [0.15, 0.2) is 60.8 Å². The van der Waals surface area contributed by atoms with Crippen molar-refractivity contribution in [3.63, 3.8) is 0 Å². The van der Waals surface area contributed by atoms with Gasteiger partial charge in [0.2, 0.25) is 0 Å². The molecule has 2 heteroatoms. The third-order valence-electron chi connectivity index (χ3n) is 2.64. The molecule has 0 atom stereocenters. The smallest absolute Gasteiger partial charge is 0.0167 e. The predicted molar refractivity (Wildman–Crippen MR) is 66.0 cm³/mol. The summed E-state index contributed by atoms with van der Waals surface area (Å²) in [5.74, 6) is 0. The van der Waals surface area contributed by atoms with E-state index in [1.165, 1.54) is 10.8 Å². The fourth-order valence-corrected chi connectivity index (χ4v) is 1.87. The molecule has 0 N–H and O–H groups in total. The predicted octanol–water partition coefficient (Wildman–Crippen LogP) is 3.70. The molecule has 3 rings (SSSR count). The van der Waals surface area contributed by atoms with E-state index in [0.29, 0.717) is 0 Å². The SMILES string of the molecule is [Pt].[c-]1ccccc1-c1nccc2ccccc12. The van der Waals surface area contributed by atoms with Crippen LogP contribution in [0.2, 0.25) is 0 Å². The first kappa shape index (κ1) is 12.0. The van der Waals surface area contributed by atoms with Crippen LogP contribution in [0.3, 0.4) is 0 Å². The van der Waals surface area contributed by atoms with Gasteiger partial charge >= 0.3 is 0 Å². The molecule has 0 aliphatic carbocycles. The van der Waals surface area contributed by atoms with Crippen LogP contribution in [0.25, 0.3) is 22.0 Å². The third kappa shape index (κ3) is 2.30. The van der Waals surface area contributed by atoms with Gasteiger partial charge in [-0.25, -0.2) is 0 Å². The molecule has 86 valence electrons. The number of benzene rings is 2. The molecule has 0 aliphatic heterocycles. The molecule has 0 radical (unpaired) electrons. The van der Waals surface area contributed by atoms with Crippen molar-refractivity contribution in [1.29, 1.82) is 0 Å². The van der Waals surface area contributed by atoms with Gasteiger partial charge in [-0.15, -0.1) is 35.9 Å². The van der Waals surface area contributed by atoms with Gasteiger partial charge in [0.1, 0.15) is 0 Å². The number of hydrogen-bond donors (Lipinski definition) is 0. The number of aromatic nitrogens is 1. The van der Waals surface area contributed by atoms with Gasteiger partial charge in [-0.2, -0.15) is 0 Å². The van der Waals surface area contributed by atoms with Crippen LogP contribution in [0.4, 0.5) is 0 Å². The Bertz CT molecular complexity index is 615. The van der Waals surface area contributed by atoms with E-state index in [1.807, 2.05) is 48.7 Å². The van der Waals surface area contributed by atoms with E-state index < -0.39 is 0 Å². The molecule has 0 amide bonds. The van der Waals surface area contributed by atoms with Gasteiger partial charge < -0.3 is 4.98 Å². The van der Waals surface area contributed by atoms with E-state index >= 15 is 0 Å². The summed E-state index contributed by atoms with van der Waals surface area (Å²) in [7, 11) is 0. The summed E-state index contributed by atoms with van der Waals surface area (Å²) in [6.07, 6.45) is 1.85. The van der Waals surface area contributed by atoms with E-state index in [2.05, 4.69) is 23.2 Å². The summed E-state index contributed by atoms with van der Waals surface area (Å²) in [5.41, 5.74) is 2.04. The Kier molecular flexibility index (Phi) is 3.71. The third-order valence-corrected chi connectivity index (χ3v) is 2.64. The van der Waals surface area contributed by atoms with Crippen molar-refractivity contribution < 1.29 is 21.1 Å². The first-order chi connectivity index (χ1) is 7.95. The van der Waals surface area contributed by atoms with E-state index in [-0.39, 0.29) is 21.1 Å². The van der Waals surface area contributed by atoms with E-state index in [9.17, 15) is 0 Å². The number of fused-ring (bicyclic) bond motifs is 1. The van der Waals surface area contributed by atoms with Gasteiger partial charge in [0.25, 0.3) is 0 Å². The zero-order valence-electron chi connectivity index (χ0n) is 9.04. The second-order valence-corrected chi connectivity index (χ2v) is 3.66. The van der Waals surface area contributed by atoms with Crippen molar-refractivity contribution in [3.8, 4) is 11.3 Å². The van der Waals surface area contributed by atoms with E-state index in [4.69, 9.17) is 0 Å². The van der Waals surface area contributed by atoms with Gasteiger partial charge in [-0.05, 0) is 22.5 Å². The van der Waals surface area contributed by atoms with Gasteiger partial charge in [0.05, 0.1) is 0 Å². The summed E-state index contributed by atoms with van der Waals surface area (Å²) in [5, 5.41) is 2.39. The quantitative estimate of drug-likeness (QED) is 0.569. The second kappa shape index (κ2) is 5.25. The van der Waals surface area contributed by atoms with Crippen molar-refractivity contribution in [2.24, 2.45) is 0 Å². The maximum Gasteiger partial charge on any atom is 0.0167 e. The van der Waals surface area contributed by atoms with E-state index in [0.717, 1.165) is 11.3 Å². The standard InChI is InChI=1S/C15H10N.Pt/c1-2-7-13(8-3-1)15-14-9-5-4-6-12(14)10-11-16-15;/h1-7,9-11H;/q-1;. The molecule has 1 nitrogen and oxygen atoms in total. The molecular weight excluding hydrogens is 389 g/mol. The van der Waals surface area contributed by atoms with Crippen molar-refractivity contribution in [1.82, 2.24) is 4.98 Å². The monoisotopic (exact) mass is 399 g/mol. The van der Waals surface area contributed by atoms with Gasteiger partial charge in [-0.1, -0.05) is 24.3 Å². The minimum Gasteiger partial charge on any atom is -0.304 e. The van der Waals surface area contributed by atoms with Crippen LogP contribution in [-0.4, -0.2) is 4.98 Å². The Morgan fingerprint density at radius 1 is 0.882 bits per heavy atom. The molecular formula is C15H10NPt-. The van der Waals surface area contributed by atoms with Crippen molar-refractivity contribution >= 4 is 10.8 Å². The van der Waals surface area contributed by atoms with Gasteiger partial charge in [-0.3, -0.25) is 0 Å². The average molecular weight is 399 g/mol. The Morgan fingerprint density at radius 2 is 1.71 bits per heavy atom. The Labute approximate surface area is 115 Å². The van der Waals surface area contributed by atoms with Gasteiger partial charge in [0.15, 0.2) is 0 Å². The molecule has 0 aliphatic rings. The Hall–Kier alpha value is -1.46. The summed E-state index contributed by atoms with van der Waals surface area (Å²) in [6.45, 7) is 0. The zero-order valence-corrected chi connectivity index (χ0v) is 11.3. The van der Waals surface area contributed by atoms with Crippen molar-refractivity contribution in [2.45, 2.75) is 0 Å². The van der Waals surface area contributed by atoms with Crippen molar-refractivity contribution in [3.05, 3.63) is 66.9 Å². The van der Waals surface area contributed by atoms with Crippen LogP contribution < -0.4 is 0 Å². The molecule has 0 spiro atoms. The van der Waals surface area contributed by atoms with Crippen LogP contribution in [-0.2, 0) is 21.1 Å². The summed E-state index contributed by atoms with van der Waals surface area (Å²) >= 11 is 0. The number of nitrogens with zero attached hydrogens (tertiary/aromatic N) is 1. The molecule has 0 unspecified atom stereocenters. The molecule has 2 aromatic carbocycles. The number of hydrogen-bond acceptors (Lipinski definition) is 1. The second-order valence-electron chi connectivity index (χ2n) is 3.66. The van der Waals surface area contributed by atoms with Crippen molar-refractivity contribution in [2.75, 3.05) is 0 Å². The molecule has 1 aromatic heterocycles. The first-order valence-corrected chi connectivity index (χ1v) is 5.26. The van der Waals surface area contributed by atoms with Crippen LogP contribution in [0, 0.1) is 6.07 Å². The number of rotatable bonds is 1. The van der Waals surface area contributed by atoms with Gasteiger partial charge in [0, 0.05) is 27.3 Å². The maximum absolute atomic E-state index is 4.45. The first-order valence-electron chi connectivity index (χ1n) is 5.26. The summed E-state index contributed by atoms with van der Waals surface area (Å²) < 4.78 is 0. The normalized spacial score (nSPS) is 9.88. The Morgan fingerprint density at radius 3 is 2.53 bits per heavy atom. The molecule has 0 saturated heterocycles. The van der Waals surface area contributed by atoms with Crippen LogP contribution in [0.1, 0.15) is 0 Å². The molecule has 3 aromatic rings. The number of pyridine rings is 1.